The number of hydrogen-bond donors (Lipinski definition) is 0. The maximum Gasteiger partial charge on any atom is 0.263 e. The van der Waals surface area contributed by atoms with E-state index in [1.807, 2.05) is 11.4 Å². The van der Waals surface area contributed by atoms with Crippen LogP contribution < -0.4 is 5.56 Å². The normalized spacial score (nSPS) is 14.5. The molecule has 22 heavy (non-hydrogen) atoms. The fraction of sp³-hybridized carbons (Fsp3) is 0.286. The van der Waals surface area contributed by atoms with E-state index in [4.69, 9.17) is 0 Å². The summed E-state index contributed by atoms with van der Waals surface area (Å²) in [5, 5.41) is 3.20. The number of aromatic nitrogens is 4. The molecule has 1 aliphatic carbocycles. The first-order chi connectivity index (χ1) is 10.8. The van der Waals surface area contributed by atoms with E-state index in [1.54, 1.807) is 10.6 Å². The number of allylic oxidation sites excluding steroid dienone is 1. The molecule has 0 aromatic carbocycles. The van der Waals surface area contributed by atoms with Crippen molar-refractivity contribution in [2.75, 3.05) is 0 Å². The molecule has 0 bridgehead atoms. The first-order valence-electron chi connectivity index (χ1n) is 6.86. The van der Waals surface area contributed by atoms with Gasteiger partial charge in [-0.15, -0.1) is 17.9 Å². The van der Waals surface area contributed by atoms with Crippen molar-refractivity contribution >= 4 is 44.8 Å². The van der Waals surface area contributed by atoms with E-state index in [1.165, 1.54) is 47.5 Å². The average Bonchev–Trinajstić information content (AvgIpc) is 3.07. The molecule has 0 saturated heterocycles. The van der Waals surface area contributed by atoms with Crippen molar-refractivity contribution in [3.63, 3.8) is 0 Å². The van der Waals surface area contributed by atoms with Crippen molar-refractivity contribution in [1.29, 1.82) is 0 Å². The van der Waals surface area contributed by atoms with Gasteiger partial charge in [0, 0.05) is 12.5 Å². The van der Waals surface area contributed by atoms with Crippen LogP contribution in [0.1, 0.15) is 24.6 Å². The molecular formula is C14H12N4OS3. The van der Waals surface area contributed by atoms with Crippen LogP contribution in [0.2, 0.25) is 0 Å². The lowest BCUT2D eigenvalue weighted by Crippen LogP contribution is -2.22. The molecule has 0 unspecified atom stereocenters. The summed E-state index contributed by atoms with van der Waals surface area (Å²) in [4.78, 5) is 22.5. The maximum absolute atomic E-state index is 12.5. The monoisotopic (exact) mass is 348 g/mol. The van der Waals surface area contributed by atoms with Crippen LogP contribution in [0.4, 0.5) is 0 Å². The Balaban J connectivity index is 1.76. The molecule has 1 saturated carbocycles. The zero-order chi connectivity index (χ0) is 15.1. The van der Waals surface area contributed by atoms with Crippen molar-refractivity contribution in [3.8, 4) is 0 Å². The summed E-state index contributed by atoms with van der Waals surface area (Å²) in [5.74, 6) is 1.47. The van der Waals surface area contributed by atoms with Gasteiger partial charge in [-0.25, -0.2) is 9.97 Å². The number of rotatable bonds is 5. The van der Waals surface area contributed by atoms with Crippen LogP contribution >= 0.6 is 34.6 Å². The molecule has 3 heterocycles. The van der Waals surface area contributed by atoms with E-state index >= 15 is 0 Å². The van der Waals surface area contributed by atoms with Gasteiger partial charge in [0.15, 0.2) is 9.50 Å². The molecule has 0 amide bonds. The van der Waals surface area contributed by atoms with E-state index in [2.05, 4.69) is 20.9 Å². The molecular weight excluding hydrogens is 336 g/mol. The standard InChI is InChI=1S/C14H12N4OS3/c1-2-6-18-12(19)9-5-7-20-11(9)16-13(18)21-14-15-10(17-22-14)8-3-4-8/h2,5,7-8H,1,3-4,6H2. The molecule has 1 aliphatic rings. The Hall–Kier alpha value is -1.51. The summed E-state index contributed by atoms with van der Waals surface area (Å²) in [7, 11) is 0. The first kappa shape index (κ1) is 14.1. The molecule has 1 fully saturated rings. The van der Waals surface area contributed by atoms with Crippen molar-refractivity contribution in [1.82, 2.24) is 18.9 Å². The lowest BCUT2D eigenvalue weighted by molar-refractivity contribution is 0.672. The Kier molecular flexibility index (Phi) is 3.59. The topological polar surface area (TPSA) is 60.7 Å². The summed E-state index contributed by atoms with van der Waals surface area (Å²) < 4.78 is 6.88. The van der Waals surface area contributed by atoms with Gasteiger partial charge in [-0.1, -0.05) is 6.08 Å². The van der Waals surface area contributed by atoms with Gasteiger partial charge in [0.25, 0.3) is 5.56 Å². The zero-order valence-corrected chi connectivity index (χ0v) is 14.0. The van der Waals surface area contributed by atoms with Gasteiger partial charge in [-0.05, 0) is 47.6 Å². The fourth-order valence-corrected chi connectivity index (χ4v) is 4.64. The minimum absolute atomic E-state index is 0.0272. The lowest BCUT2D eigenvalue weighted by atomic mass is 10.4. The highest BCUT2D eigenvalue weighted by molar-refractivity contribution is 8.00. The quantitative estimate of drug-likeness (QED) is 0.521. The highest BCUT2D eigenvalue weighted by Gasteiger charge is 2.28. The van der Waals surface area contributed by atoms with Gasteiger partial charge >= 0.3 is 0 Å². The van der Waals surface area contributed by atoms with E-state index in [0.29, 0.717) is 23.0 Å². The SMILES string of the molecule is C=CCn1c(Sc2nc(C3CC3)ns2)nc2sccc2c1=O. The molecule has 0 radical (unpaired) electrons. The van der Waals surface area contributed by atoms with Crippen molar-refractivity contribution < 1.29 is 0 Å². The third-order valence-electron chi connectivity index (χ3n) is 3.40. The lowest BCUT2D eigenvalue weighted by Gasteiger charge is -2.08. The molecule has 112 valence electrons. The van der Waals surface area contributed by atoms with Gasteiger partial charge in [-0.2, -0.15) is 4.37 Å². The Labute approximate surface area is 138 Å². The second-order valence-corrected chi connectivity index (χ2v) is 7.89. The van der Waals surface area contributed by atoms with E-state index in [9.17, 15) is 4.79 Å². The summed E-state index contributed by atoms with van der Waals surface area (Å²) in [6.07, 6.45) is 4.07. The number of nitrogens with zero attached hydrogens (tertiary/aromatic N) is 4. The number of thiophene rings is 1. The molecule has 8 heteroatoms. The van der Waals surface area contributed by atoms with E-state index < -0.39 is 0 Å². The number of hydrogen-bond acceptors (Lipinski definition) is 7. The van der Waals surface area contributed by atoms with Crippen LogP contribution in [0.5, 0.6) is 0 Å². The van der Waals surface area contributed by atoms with Gasteiger partial charge in [0.05, 0.1) is 5.39 Å². The average molecular weight is 348 g/mol. The minimum Gasteiger partial charge on any atom is -0.283 e. The van der Waals surface area contributed by atoms with Gasteiger partial charge in [0.2, 0.25) is 0 Å². The van der Waals surface area contributed by atoms with E-state index in [0.717, 1.165) is 15.0 Å². The molecule has 5 nitrogen and oxygen atoms in total. The predicted octanol–water partition coefficient (Wildman–Crippen LogP) is 3.52. The van der Waals surface area contributed by atoms with Crippen molar-refractivity contribution in [3.05, 3.63) is 40.3 Å². The first-order valence-corrected chi connectivity index (χ1v) is 9.33. The molecule has 0 N–H and O–H groups in total. The Morgan fingerprint density at radius 3 is 3.09 bits per heavy atom. The van der Waals surface area contributed by atoms with Crippen LogP contribution in [-0.4, -0.2) is 18.9 Å². The molecule has 0 spiro atoms. The summed E-state index contributed by atoms with van der Waals surface area (Å²) >= 11 is 4.26. The van der Waals surface area contributed by atoms with Crippen LogP contribution in [0.3, 0.4) is 0 Å². The molecule has 3 aromatic heterocycles. The highest BCUT2D eigenvalue weighted by Crippen LogP contribution is 2.40. The molecule has 0 aliphatic heterocycles. The Morgan fingerprint density at radius 1 is 1.45 bits per heavy atom. The fourth-order valence-electron chi connectivity index (χ4n) is 2.15. The summed E-state index contributed by atoms with van der Waals surface area (Å²) in [6, 6.07) is 1.82. The Bertz CT molecular complexity index is 906. The second-order valence-electron chi connectivity index (χ2n) is 5.03. The highest BCUT2D eigenvalue weighted by atomic mass is 32.2. The minimum atomic E-state index is -0.0272. The van der Waals surface area contributed by atoms with E-state index in [-0.39, 0.29) is 5.56 Å². The second kappa shape index (κ2) is 5.60. The third-order valence-corrected chi connectivity index (χ3v) is 5.97. The zero-order valence-electron chi connectivity index (χ0n) is 11.6. The predicted molar refractivity (Wildman–Crippen MR) is 90.1 cm³/mol. The van der Waals surface area contributed by atoms with Crippen LogP contribution in [0, 0.1) is 0 Å². The van der Waals surface area contributed by atoms with Crippen LogP contribution in [0.15, 0.2) is 38.4 Å². The van der Waals surface area contributed by atoms with Crippen molar-refractivity contribution in [2.24, 2.45) is 0 Å². The summed E-state index contributed by atoms with van der Waals surface area (Å²) in [5.41, 5.74) is -0.0272. The molecule has 3 aromatic rings. The van der Waals surface area contributed by atoms with Crippen molar-refractivity contribution in [2.45, 2.75) is 34.8 Å². The van der Waals surface area contributed by atoms with Crippen LogP contribution in [0.25, 0.3) is 10.2 Å². The van der Waals surface area contributed by atoms with Gasteiger partial charge in [0.1, 0.15) is 10.7 Å². The summed E-state index contributed by atoms with van der Waals surface area (Å²) in [6.45, 7) is 4.17. The maximum atomic E-state index is 12.5. The van der Waals surface area contributed by atoms with Crippen LogP contribution in [-0.2, 0) is 6.54 Å². The molecule has 4 rings (SSSR count). The van der Waals surface area contributed by atoms with Gasteiger partial charge < -0.3 is 0 Å². The van der Waals surface area contributed by atoms with Gasteiger partial charge in [-0.3, -0.25) is 9.36 Å². The Morgan fingerprint density at radius 2 is 2.32 bits per heavy atom. The number of fused-ring (bicyclic) bond motifs is 1. The smallest absolute Gasteiger partial charge is 0.263 e. The largest absolute Gasteiger partial charge is 0.283 e. The third kappa shape index (κ3) is 2.51. The molecule has 0 atom stereocenters.